The number of rotatable bonds is 8. The lowest BCUT2D eigenvalue weighted by Gasteiger charge is -2.26. The Morgan fingerprint density at radius 2 is 1.62 bits per heavy atom. The van der Waals surface area contributed by atoms with Crippen LogP contribution < -0.4 is 10.2 Å². The van der Waals surface area contributed by atoms with Gasteiger partial charge in [-0.25, -0.2) is 0 Å². The fourth-order valence-electron chi connectivity index (χ4n) is 3.80. The Labute approximate surface area is 156 Å². The van der Waals surface area contributed by atoms with Gasteiger partial charge in [-0.05, 0) is 62.8 Å². The van der Waals surface area contributed by atoms with Gasteiger partial charge in [-0.15, -0.1) is 0 Å². The van der Waals surface area contributed by atoms with E-state index in [1.807, 2.05) is 17.0 Å². The first-order valence-corrected chi connectivity index (χ1v) is 10.1. The van der Waals surface area contributed by atoms with E-state index in [1.54, 1.807) is 0 Å². The number of hydrogen-bond acceptors (Lipinski definition) is 3. The van der Waals surface area contributed by atoms with E-state index in [2.05, 4.69) is 36.2 Å². The molecule has 2 fully saturated rings. The molecule has 1 aromatic rings. The summed E-state index contributed by atoms with van der Waals surface area (Å²) < 4.78 is 0. The molecular formula is C21H31N3O2. The number of carbonyl (C=O) groups is 2. The summed E-state index contributed by atoms with van der Waals surface area (Å²) in [5.74, 6) is -0.138. The second-order valence-electron chi connectivity index (χ2n) is 7.57. The summed E-state index contributed by atoms with van der Waals surface area (Å²) in [6.07, 6.45) is 5.65. The van der Waals surface area contributed by atoms with Crippen LogP contribution in [-0.2, 0) is 9.59 Å². The normalized spacial score (nSPS) is 17.8. The highest BCUT2D eigenvalue weighted by molar-refractivity contribution is 6.13. The van der Waals surface area contributed by atoms with Gasteiger partial charge in [0.2, 0.25) is 11.8 Å². The average Bonchev–Trinajstić information content (AvgIpc) is 3.29. The topological polar surface area (TPSA) is 52.7 Å². The first-order valence-electron chi connectivity index (χ1n) is 10.1. The van der Waals surface area contributed by atoms with E-state index in [9.17, 15) is 9.59 Å². The van der Waals surface area contributed by atoms with Gasteiger partial charge in [-0.1, -0.05) is 13.8 Å². The maximum atomic E-state index is 12.9. The van der Waals surface area contributed by atoms with Gasteiger partial charge < -0.3 is 15.1 Å². The second-order valence-corrected chi connectivity index (χ2v) is 7.57. The average molecular weight is 357 g/mol. The predicted molar refractivity (Wildman–Crippen MR) is 105 cm³/mol. The maximum absolute atomic E-state index is 12.9. The smallest absolute Gasteiger partial charge is 0.240 e. The number of nitrogens with one attached hydrogen (secondary N) is 1. The van der Waals surface area contributed by atoms with Crippen LogP contribution in [0.25, 0.3) is 0 Å². The summed E-state index contributed by atoms with van der Waals surface area (Å²) in [5, 5.41) is 2.98. The van der Waals surface area contributed by atoms with Crippen LogP contribution in [-0.4, -0.2) is 42.9 Å². The Morgan fingerprint density at radius 1 is 1.04 bits per heavy atom. The summed E-state index contributed by atoms with van der Waals surface area (Å²) >= 11 is 0. The van der Waals surface area contributed by atoms with Crippen molar-refractivity contribution < 1.29 is 9.59 Å². The van der Waals surface area contributed by atoms with E-state index >= 15 is 0 Å². The molecule has 0 unspecified atom stereocenters. The van der Waals surface area contributed by atoms with E-state index < -0.39 is 5.41 Å². The van der Waals surface area contributed by atoms with E-state index in [-0.39, 0.29) is 11.8 Å². The maximum Gasteiger partial charge on any atom is 0.240 e. The van der Waals surface area contributed by atoms with Crippen molar-refractivity contribution in [3.63, 3.8) is 0 Å². The Balaban J connectivity index is 1.64. The Bertz CT molecular complexity index is 625. The van der Waals surface area contributed by atoms with Gasteiger partial charge in [-0.3, -0.25) is 9.59 Å². The van der Waals surface area contributed by atoms with E-state index in [0.717, 1.165) is 44.7 Å². The molecule has 5 nitrogen and oxygen atoms in total. The third-order valence-electron chi connectivity index (χ3n) is 5.46. The Kier molecular flexibility index (Phi) is 5.84. The van der Waals surface area contributed by atoms with E-state index in [0.29, 0.717) is 12.8 Å². The van der Waals surface area contributed by atoms with Gasteiger partial charge in [0, 0.05) is 37.6 Å². The largest absolute Gasteiger partial charge is 0.372 e. The molecule has 1 aromatic carbocycles. The van der Waals surface area contributed by atoms with Gasteiger partial charge in [-0.2, -0.15) is 0 Å². The molecule has 1 N–H and O–H groups in total. The fraction of sp³-hybridized carbons (Fsp3) is 0.619. The molecule has 1 aliphatic carbocycles. The van der Waals surface area contributed by atoms with Gasteiger partial charge in [0.25, 0.3) is 0 Å². The molecule has 1 saturated carbocycles. The van der Waals surface area contributed by atoms with Crippen LogP contribution in [0.1, 0.15) is 52.4 Å². The summed E-state index contributed by atoms with van der Waals surface area (Å²) in [6.45, 7) is 7.80. The third kappa shape index (κ3) is 3.87. The monoisotopic (exact) mass is 357 g/mol. The first-order chi connectivity index (χ1) is 12.6. The first kappa shape index (κ1) is 18.7. The van der Waals surface area contributed by atoms with Crippen molar-refractivity contribution in [2.45, 2.75) is 52.4 Å². The van der Waals surface area contributed by atoms with Crippen molar-refractivity contribution in [2.24, 2.45) is 5.41 Å². The Hall–Kier alpha value is -2.04. The zero-order valence-electron chi connectivity index (χ0n) is 16.1. The van der Waals surface area contributed by atoms with Gasteiger partial charge in [0.1, 0.15) is 5.41 Å². The highest BCUT2D eigenvalue weighted by Gasteiger charge is 2.57. The van der Waals surface area contributed by atoms with E-state index in [4.69, 9.17) is 0 Å². The molecule has 0 atom stereocenters. The quantitative estimate of drug-likeness (QED) is 0.723. The zero-order valence-corrected chi connectivity index (χ0v) is 16.1. The summed E-state index contributed by atoms with van der Waals surface area (Å²) in [4.78, 5) is 30.0. The zero-order chi connectivity index (χ0) is 18.6. The molecule has 0 bridgehead atoms. The molecule has 2 amide bonds. The van der Waals surface area contributed by atoms with Crippen LogP contribution in [0, 0.1) is 5.41 Å². The predicted octanol–water partition coefficient (Wildman–Crippen LogP) is 3.65. The number of hydrogen-bond donors (Lipinski definition) is 1. The molecule has 142 valence electrons. The number of anilines is 2. The standard InChI is InChI=1S/C21H31N3O2/c1-3-13-24(14-4-2)20(26)21(11-12-21)19(25)22-17-7-9-18(10-8-17)23-15-5-6-16-23/h7-10H,3-6,11-16H2,1-2H3,(H,22,25). The molecular weight excluding hydrogens is 326 g/mol. The molecule has 26 heavy (non-hydrogen) atoms. The lowest BCUT2D eigenvalue weighted by Crippen LogP contribution is -2.43. The van der Waals surface area contributed by atoms with Crippen molar-refractivity contribution in [1.82, 2.24) is 4.90 Å². The lowest BCUT2D eigenvalue weighted by molar-refractivity contribution is -0.142. The minimum atomic E-state index is -0.835. The molecule has 1 saturated heterocycles. The van der Waals surface area contributed by atoms with Gasteiger partial charge >= 0.3 is 0 Å². The van der Waals surface area contributed by atoms with Crippen LogP contribution in [0.5, 0.6) is 0 Å². The summed E-state index contributed by atoms with van der Waals surface area (Å²) in [5.41, 5.74) is 1.14. The summed E-state index contributed by atoms with van der Waals surface area (Å²) in [7, 11) is 0. The number of benzene rings is 1. The van der Waals surface area contributed by atoms with Crippen molar-refractivity contribution in [3.05, 3.63) is 24.3 Å². The van der Waals surface area contributed by atoms with Crippen LogP contribution in [0.3, 0.4) is 0 Å². The second kappa shape index (κ2) is 8.11. The van der Waals surface area contributed by atoms with Crippen molar-refractivity contribution in [1.29, 1.82) is 0 Å². The van der Waals surface area contributed by atoms with Crippen LogP contribution in [0.15, 0.2) is 24.3 Å². The van der Waals surface area contributed by atoms with Crippen LogP contribution >= 0.6 is 0 Å². The van der Waals surface area contributed by atoms with Crippen molar-refractivity contribution in [3.8, 4) is 0 Å². The molecule has 5 heteroatoms. The molecule has 0 radical (unpaired) electrons. The summed E-state index contributed by atoms with van der Waals surface area (Å²) in [6, 6.07) is 8.01. The minimum Gasteiger partial charge on any atom is -0.372 e. The molecule has 2 aliphatic rings. The van der Waals surface area contributed by atoms with Gasteiger partial charge in [0.05, 0.1) is 0 Å². The third-order valence-corrected chi connectivity index (χ3v) is 5.46. The highest BCUT2D eigenvalue weighted by atomic mass is 16.2. The fourth-order valence-corrected chi connectivity index (χ4v) is 3.80. The number of nitrogens with zero attached hydrogens (tertiary/aromatic N) is 2. The number of carbonyl (C=O) groups excluding carboxylic acids is 2. The van der Waals surface area contributed by atoms with Crippen molar-refractivity contribution in [2.75, 3.05) is 36.4 Å². The van der Waals surface area contributed by atoms with Gasteiger partial charge in [0.15, 0.2) is 0 Å². The molecule has 0 aromatic heterocycles. The molecule has 1 aliphatic heterocycles. The molecule has 3 rings (SSSR count). The lowest BCUT2D eigenvalue weighted by atomic mass is 10.0. The van der Waals surface area contributed by atoms with Crippen molar-refractivity contribution >= 4 is 23.2 Å². The molecule has 0 spiro atoms. The number of amides is 2. The Morgan fingerprint density at radius 3 is 2.12 bits per heavy atom. The minimum absolute atomic E-state index is 0.00684. The van der Waals surface area contributed by atoms with E-state index in [1.165, 1.54) is 18.5 Å². The van der Waals surface area contributed by atoms with Crippen LogP contribution in [0.2, 0.25) is 0 Å². The van der Waals surface area contributed by atoms with Crippen LogP contribution in [0.4, 0.5) is 11.4 Å². The highest BCUT2D eigenvalue weighted by Crippen LogP contribution is 2.48. The SMILES string of the molecule is CCCN(CCC)C(=O)C1(C(=O)Nc2ccc(N3CCCC3)cc2)CC1. The molecule has 1 heterocycles.